The first-order valence-electron chi connectivity index (χ1n) is 5.39. The molecule has 88 valence electrons. The van der Waals surface area contributed by atoms with E-state index in [4.69, 9.17) is 4.74 Å². The van der Waals surface area contributed by atoms with Crippen molar-refractivity contribution in [3.05, 3.63) is 0 Å². The molecule has 1 aliphatic heterocycles. The van der Waals surface area contributed by atoms with Crippen molar-refractivity contribution in [3.8, 4) is 0 Å². The number of hydrogen-bond donors (Lipinski definition) is 1. The molecule has 1 fully saturated rings. The number of esters is 1. The van der Waals surface area contributed by atoms with E-state index in [1.54, 1.807) is 0 Å². The average molecular weight is 231 g/mol. The van der Waals surface area contributed by atoms with E-state index in [1.807, 2.05) is 18.7 Å². The molecule has 0 aliphatic carbocycles. The van der Waals surface area contributed by atoms with Crippen molar-refractivity contribution in [1.82, 2.24) is 5.32 Å². The van der Waals surface area contributed by atoms with Gasteiger partial charge in [-0.25, -0.2) is 0 Å². The van der Waals surface area contributed by atoms with Crippen LogP contribution < -0.4 is 5.32 Å². The van der Waals surface area contributed by atoms with E-state index in [0.717, 1.165) is 5.75 Å². The van der Waals surface area contributed by atoms with Crippen LogP contribution in [0.1, 0.15) is 27.2 Å². The van der Waals surface area contributed by atoms with Crippen molar-refractivity contribution in [1.29, 1.82) is 0 Å². The van der Waals surface area contributed by atoms with Crippen LogP contribution in [0.2, 0.25) is 0 Å². The zero-order valence-electron chi connectivity index (χ0n) is 10.0. The molecule has 3 nitrogen and oxygen atoms in total. The molecule has 0 aromatic rings. The Bertz CT molecular complexity index is 231. The minimum Gasteiger partial charge on any atom is -0.468 e. The molecule has 0 aromatic heterocycles. The zero-order chi connectivity index (χ0) is 11.5. The third kappa shape index (κ3) is 3.38. The van der Waals surface area contributed by atoms with E-state index in [0.29, 0.717) is 6.04 Å². The summed E-state index contributed by atoms with van der Waals surface area (Å²) in [6, 6.07) is 0.184. The molecule has 0 aromatic carbocycles. The Kier molecular flexibility index (Phi) is 4.46. The predicted molar refractivity (Wildman–Crippen MR) is 64.1 cm³/mol. The summed E-state index contributed by atoms with van der Waals surface area (Å²) in [7, 11) is 1.43. The van der Waals surface area contributed by atoms with E-state index in [-0.39, 0.29) is 17.4 Å². The minimum atomic E-state index is -0.210. The Labute approximate surface area is 96.3 Å². The van der Waals surface area contributed by atoms with Gasteiger partial charge in [0.15, 0.2) is 0 Å². The number of carbonyl (C=O) groups is 1. The summed E-state index contributed by atoms with van der Waals surface area (Å²) in [6.45, 7) is 6.38. The Balaban J connectivity index is 2.52. The summed E-state index contributed by atoms with van der Waals surface area (Å²) in [4.78, 5) is 11.3. The molecule has 1 aliphatic rings. The van der Waals surface area contributed by atoms with Crippen LogP contribution in [0, 0.1) is 5.41 Å². The van der Waals surface area contributed by atoms with Crippen molar-refractivity contribution < 1.29 is 9.53 Å². The second-order valence-electron chi connectivity index (χ2n) is 4.78. The maximum Gasteiger partial charge on any atom is 0.322 e. The third-order valence-corrected chi connectivity index (χ3v) is 4.19. The lowest BCUT2D eigenvalue weighted by molar-refractivity contribution is -0.143. The van der Waals surface area contributed by atoms with Crippen molar-refractivity contribution in [3.63, 3.8) is 0 Å². The molecular formula is C11H21NO2S. The highest BCUT2D eigenvalue weighted by Gasteiger charge is 2.34. The molecule has 0 amide bonds. The van der Waals surface area contributed by atoms with E-state index >= 15 is 0 Å². The number of rotatable bonds is 3. The lowest BCUT2D eigenvalue weighted by Crippen LogP contribution is -2.52. The molecule has 0 radical (unpaired) electrons. The second kappa shape index (κ2) is 5.21. The fourth-order valence-corrected chi connectivity index (χ4v) is 3.38. The minimum absolute atomic E-state index is 0.179. The first kappa shape index (κ1) is 12.8. The average Bonchev–Trinajstić information content (AvgIpc) is 2.19. The lowest BCUT2D eigenvalue weighted by atomic mass is 9.82. The second-order valence-corrected chi connectivity index (χ2v) is 5.93. The van der Waals surface area contributed by atoms with E-state index in [9.17, 15) is 4.79 Å². The van der Waals surface area contributed by atoms with Gasteiger partial charge in [0.05, 0.1) is 7.11 Å². The van der Waals surface area contributed by atoms with Gasteiger partial charge in [-0.3, -0.25) is 4.79 Å². The summed E-state index contributed by atoms with van der Waals surface area (Å²) < 4.78 is 4.71. The standard InChI is InChI=1S/C11H21NO2S/c1-8(10(13)14-4)12-9-7-15-6-5-11(9,2)3/h8-9,12H,5-7H2,1-4H3/t8-,9?/m0/s1. The molecule has 15 heavy (non-hydrogen) atoms. The summed E-state index contributed by atoms with van der Waals surface area (Å²) >= 11 is 1.95. The summed E-state index contributed by atoms with van der Waals surface area (Å²) in [5.41, 5.74) is 0.271. The van der Waals surface area contributed by atoms with Crippen molar-refractivity contribution in [2.45, 2.75) is 39.3 Å². The number of carbonyl (C=O) groups excluding carboxylic acids is 1. The lowest BCUT2D eigenvalue weighted by Gasteiger charge is -2.39. The fraction of sp³-hybridized carbons (Fsp3) is 0.909. The Morgan fingerprint density at radius 3 is 2.80 bits per heavy atom. The van der Waals surface area contributed by atoms with Gasteiger partial charge >= 0.3 is 5.97 Å². The highest BCUT2D eigenvalue weighted by molar-refractivity contribution is 7.99. The smallest absolute Gasteiger partial charge is 0.322 e. The van der Waals surface area contributed by atoms with Gasteiger partial charge in [-0.1, -0.05) is 13.8 Å². The normalized spacial score (nSPS) is 27.1. The van der Waals surface area contributed by atoms with Crippen LogP contribution >= 0.6 is 11.8 Å². The van der Waals surface area contributed by atoms with Crippen molar-refractivity contribution >= 4 is 17.7 Å². The SMILES string of the molecule is COC(=O)[C@H](C)NC1CSCCC1(C)C. The van der Waals surface area contributed by atoms with Gasteiger partial charge in [0, 0.05) is 11.8 Å². The molecule has 2 atom stereocenters. The first-order chi connectivity index (χ1) is 6.97. The van der Waals surface area contributed by atoms with E-state index < -0.39 is 0 Å². The van der Waals surface area contributed by atoms with Gasteiger partial charge in [0.25, 0.3) is 0 Å². The van der Waals surface area contributed by atoms with Crippen molar-refractivity contribution in [2.75, 3.05) is 18.6 Å². The van der Waals surface area contributed by atoms with E-state index in [2.05, 4.69) is 19.2 Å². The van der Waals surface area contributed by atoms with Gasteiger partial charge in [-0.05, 0) is 24.5 Å². The number of hydrogen-bond acceptors (Lipinski definition) is 4. The van der Waals surface area contributed by atoms with Crippen LogP contribution in [0.15, 0.2) is 0 Å². The van der Waals surface area contributed by atoms with Crippen LogP contribution in [0.5, 0.6) is 0 Å². The van der Waals surface area contributed by atoms with Gasteiger partial charge in [-0.15, -0.1) is 0 Å². The van der Waals surface area contributed by atoms with Crippen LogP contribution in [-0.4, -0.2) is 36.7 Å². The number of methoxy groups -OCH3 is 1. The van der Waals surface area contributed by atoms with Gasteiger partial charge in [0.1, 0.15) is 6.04 Å². The Morgan fingerprint density at radius 1 is 1.60 bits per heavy atom. The number of thioether (sulfide) groups is 1. The molecule has 1 rings (SSSR count). The molecule has 4 heteroatoms. The highest BCUT2D eigenvalue weighted by atomic mass is 32.2. The molecule has 1 unspecified atom stereocenters. The molecule has 1 N–H and O–H groups in total. The van der Waals surface area contributed by atoms with Crippen molar-refractivity contribution in [2.24, 2.45) is 5.41 Å². The largest absolute Gasteiger partial charge is 0.468 e. The Morgan fingerprint density at radius 2 is 2.27 bits per heavy atom. The summed E-state index contributed by atoms with van der Waals surface area (Å²) in [5, 5.41) is 3.36. The molecular weight excluding hydrogens is 210 g/mol. The topological polar surface area (TPSA) is 38.3 Å². The molecule has 0 saturated carbocycles. The Hall–Kier alpha value is -0.220. The monoisotopic (exact) mass is 231 g/mol. The fourth-order valence-electron chi connectivity index (χ4n) is 1.76. The van der Waals surface area contributed by atoms with Crippen LogP contribution in [0.3, 0.4) is 0 Å². The third-order valence-electron chi connectivity index (χ3n) is 3.12. The van der Waals surface area contributed by atoms with E-state index in [1.165, 1.54) is 19.3 Å². The molecule has 1 saturated heterocycles. The molecule has 1 heterocycles. The summed E-state index contributed by atoms with van der Waals surface area (Å²) in [5.74, 6) is 2.12. The maximum absolute atomic E-state index is 11.3. The molecule has 0 spiro atoms. The number of nitrogens with one attached hydrogen (secondary N) is 1. The quantitative estimate of drug-likeness (QED) is 0.750. The van der Waals surface area contributed by atoms with Gasteiger partial charge in [-0.2, -0.15) is 11.8 Å². The highest BCUT2D eigenvalue weighted by Crippen LogP contribution is 2.34. The zero-order valence-corrected chi connectivity index (χ0v) is 10.8. The van der Waals surface area contributed by atoms with Gasteiger partial charge < -0.3 is 10.1 Å². The van der Waals surface area contributed by atoms with Gasteiger partial charge in [0.2, 0.25) is 0 Å². The maximum atomic E-state index is 11.3. The van der Waals surface area contributed by atoms with Crippen LogP contribution in [0.25, 0.3) is 0 Å². The summed E-state index contributed by atoms with van der Waals surface area (Å²) in [6.07, 6.45) is 1.20. The van der Waals surface area contributed by atoms with Crippen LogP contribution in [0.4, 0.5) is 0 Å². The predicted octanol–water partition coefficient (Wildman–Crippen LogP) is 1.67. The first-order valence-corrected chi connectivity index (χ1v) is 6.54. The number of ether oxygens (including phenoxy) is 1. The molecule has 0 bridgehead atoms. The van der Waals surface area contributed by atoms with Crippen LogP contribution in [-0.2, 0) is 9.53 Å².